The molecule has 4 heteroatoms. The van der Waals surface area contributed by atoms with Crippen molar-refractivity contribution in [3.05, 3.63) is 70.8 Å². The second-order valence-electron chi connectivity index (χ2n) is 6.61. The molecule has 0 amide bonds. The van der Waals surface area contributed by atoms with Crippen molar-refractivity contribution in [3.8, 4) is 0 Å². The normalized spacial score (nSPS) is 25.8. The first-order valence-corrected chi connectivity index (χ1v) is 7.99. The van der Waals surface area contributed by atoms with Gasteiger partial charge in [0.15, 0.2) is 0 Å². The van der Waals surface area contributed by atoms with Gasteiger partial charge in [-0.1, -0.05) is 59.7 Å². The van der Waals surface area contributed by atoms with Gasteiger partial charge < -0.3 is 10.2 Å². The fourth-order valence-corrected chi connectivity index (χ4v) is 3.95. The molecule has 0 bridgehead atoms. The minimum atomic E-state index is -1.04. The monoisotopic (exact) mass is 324 g/mol. The van der Waals surface area contributed by atoms with Gasteiger partial charge in [-0.15, -0.1) is 0 Å². The predicted octanol–water partition coefficient (Wildman–Crippen LogP) is 3.59. The Kier molecular flexibility index (Phi) is 4.14. The minimum absolute atomic E-state index is 0.328. The third-order valence-corrected chi connectivity index (χ3v) is 4.97. The Balaban J connectivity index is 2.10. The number of hydrogen-bond donors (Lipinski definition) is 2. The summed E-state index contributed by atoms with van der Waals surface area (Å²) in [4.78, 5) is 23.5. The third kappa shape index (κ3) is 2.68. The molecule has 2 N–H and O–H groups in total. The quantitative estimate of drug-likeness (QED) is 0.901. The van der Waals surface area contributed by atoms with Crippen LogP contribution in [0.2, 0.25) is 0 Å². The van der Waals surface area contributed by atoms with E-state index in [0.29, 0.717) is 0 Å². The predicted molar refractivity (Wildman–Crippen MR) is 90.1 cm³/mol. The van der Waals surface area contributed by atoms with Crippen LogP contribution in [-0.4, -0.2) is 22.2 Å². The van der Waals surface area contributed by atoms with Crippen molar-refractivity contribution in [1.82, 2.24) is 0 Å². The molecule has 0 radical (unpaired) electrons. The lowest BCUT2D eigenvalue weighted by Crippen LogP contribution is -2.51. The summed E-state index contributed by atoms with van der Waals surface area (Å²) in [6.45, 7) is 3.91. The van der Waals surface area contributed by atoms with Crippen molar-refractivity contribution < 1.29 is 19.8 Å². The number of carbonyl (C=O) groups is 2. The fourth-order valence-electron chi connectivity index (χ4n) is 3.95. The number of carboxylic acids is 2. The zero-order chi connectivity index (χ0) is 17.4. The first-order valence-electron chi connectivity index (χ1n) is 7.99. The van der Waals surface area contributed by atoms with Gasteiger partial charge in [0.25, 0.3) is 0 Å². The van der Waals surface area contributed by atoms with Gasteiger partial charge in [-0.05, 0) is 25.0 Å². The fraction of sp³-hybridized carbons (Fsp3) is 0.300. The van der Waals surface area contributed by atoms with Crippen LogP contribution >= 0.6 is 0 Å². The SMILES string of the molecule is Cc1cccc([C@@H]2[C@@H](C(=O)O)[C@H](C(=O)O)[C@H]2c2cccc(C)c2)c1. The highest BCUT2D eigenvalue weighted by Gasteiger charge is 2.58. The van der Waals surface area contributed by atoms with Crippen LogP contribution in [-0.2, 0) is 9.59 Å². The topological polar surface area (TPSA) is 74.6 Å². The Morgan fingerprint density at radius 2 is 1.12 bits per heavy atom. The number of rotatable bonds is 4. The van der Waals surface area contributed by atoms with Gasteiger partial charge in [0, 0.05) is 11.8 Å². The molecular formula is C20H20O4. The van der Waals surface area contributed by atoms with Gasteiger partial charge in [-0.3, -0.25) is 9.59 Å². The second-order valence-corrected chi connectivity index (χ2v) is 6.61. The van der Waals surface area contributed by atoms with Gasteiger partial charge in [-0.2, -0.15) is 0 Å². The van der Waals surface area contributed by atoms with E-state index in [-0.39, 0.29) is 11.8 Å². The smallest absolute Gasteiger partial charge is 0.308 e. The van der Waals surface area contributed by atoms with Crippen LogP contribution in [0.1, 0.15) is 34.1 Å². The van der Waals surface area contributed by atoms with Crippen molar-refractivity contribution in [2.24, 2.45) is 11.8 Å². The average Bonchev–Trinajstić information content (AvgIpc) is 2.45. The highest BCUT2D eigenvalue weighted by Crippen LogP contribution is 2.58. The largest absolute Gasteiger partial charge is 0.481 e. The molecule has 1 aliphatic rings. The molecule has 4 atom stereocenters. The summed E-state index contributed by atoms with van der Waals surface area (Å²) in [6, 6.07) is 15.4. The van der Waals surface area contributed by atoms with Crippen molar-refractivity contribution >= 4 is 11.9 Å². The van der Waals surface area contributed by atoms with E-state index in [0.717, 1.165) is 22.3 Å². The number of aryl methyl sites for hydroxylation is 2. The standard InChI is InChI=1S/C20H20O4/c1-11-5-3-7-13(9-11)15-16(14-8-4-6-12(2)10-14)18(20(23)24)17(15)19(21)22/h3-10,15-18H,1-2H3,(H,21,22)(H,23,24)/t15-,16-,17+,18+/m0/s1. The summed E-state index contributed by atoms with van der Waals surface area (Å²) in [6.07, 6.45) is 0. The van der Waals surface area contributed by atoms with Gasteiger partial charge in [0.2, 0.25) is 0 Å². The lowest BCUT2D eigenvalue weighted by Gasteiger charge is -2.48. The van der Waals surface area contributed by atoms with E-state index in [9.17, 15) is 19.8 Å². The molecule has 4 nitrogen and oxygen atoms in total. The molecule has 2 aromatic carbocycles. The Morgan fingerprint density at radius 3 is 1.42 bits per heavy atom. The van der Waals surface area contributed by atoms with Crippen LogP contribution in [0.5, 0.6) is 0 Å². The zero-order valence-corrected chi connectivity index (χ0v) is 13.6. The van der Waals surface area contributed by atoms with E-state index in [1.54, 1.807) is 0 Å². The van der Waals surface area contributed by atoms with Crippen molar-refractivity contribution in [1.29, 1.82) is 0 Å². The zero-order valence-electron chi connectivity index (χ0n) is 13.6. The summed E-state index contributed by atoms with van der Waals surface area (Å²) in [5, 5.41) is 19.2. The maximum Gasteiger partial charge on any atom is 0.308 e. The minimum Gasteiger partial charge on any atom is -0.481 e. The van der Waals surface area contributed by atoms with E-state index in [1.807, 2.05) is 62.4 Å². The van der Waals surface area contributed by atoms with Crippen LogP contribution < -0.4 is 0 Å². The molecule has 3 rings (SSSR count). The molecule has 124 valence electrons. The molecule has 24 heavy (non-hydrogen) atoms. The molecule has 1 saturated carbocycles. The van der Waals surface area contributed by atoms with Gasteiger partial charge in [-0.25, -0.2) is 0 Å². The van der Waals surface area contributed by atoms with Crippen LogP contribution in [0, 0.1) is 25.7 Å². The lowest BCUT2D eigenvalue weighted by molar-refractivity contribution is -0.164. The molecule has 1 aliphatic carbocycles. The lowest BCUT2D eigenvalue weighted by atomic mass is 9.52. The Bertz CT molecular complexity index is 728. The van der Waals surface area contributed by atoms with E-state index in [4.69, 9.17) is 0 Å². The third-order valence-electron chi connectivity index (χ3n) is 4.97. The molecular weight excluding hydrogens is 304 g/mol. The summed E-state index contributed by atoms with van der Waals surface area (Å²) < 4.78 is 0. The number of aliphatic carboxylic acids is 2. The average molecular weight is 324 g/mol. The maximum absolute atomic E-state index is 11.7. The van der Waals surface area contributed by atoms with Gasteiger partial charge >= 0.3 is 11.9 Å². The van der Waals surface area contributed by atoms with E-state index in [2.05, 4.69) is 0 Å². The molecule has 2 aromatic rings. The molecule has 0 spiro atoms. The van der Waals surface area contributed by atoms with E-state index >= 15 is 0 Å². The first kappa shape index (κ1) is 16.2. The maximum atomic E-state index is 11.7. The summed E-state index contributed by atoms with van der Waals surface area (Å²) in [5.41, 5.74) is 3.87. The highest BCUT2D eigenvalue weighted by molar-refractivity contribution is 5.85. The van der Waals surface area contributed by atoms with E-state index < -0.39 is 23.8 Å². The molecule has 0 aliphatic heterocycles. The van der Waals surface area contributed by atoms with Crippen molar-refractivity contribution in [2.75, 3.05) is 0 Å². The summed E-state index contributed by atoms with van der Waals surface area (Å²) in [7, 11) is 0. The molecule has 0 aromatic heterocycles. The van der Waals surface area contributed by atoms with Crippen LogP contribution in [0.4, 0.5) is 0 Å². The van der Waals surface area contributed by atoms with Gasteiger partial charge in [0.1, 0.15) is 0 Å². The van der Waals surface area contributed by atoms with Crippen LogP contribution in [0.3, 0.4) is 0 Å². The number of benzene rings is 2. The van der Waals surface area contributed by atoms with Crippen LogP contribution in [0.25, 0.3) is 0 Å². The Morgan fingerprint density at radius 1 is 0.750 bits per heavy atom. The van der Waals surface area contributed by atoms with Crippen LogP contribution in [0.15, 0.2) is 48.5 Å². The van der Waals surface area contributed by atoms with Crippen molar-refractivity contribution in [3.63, 3.8) is 0 Å². The molecule has 0 unspecified atom stereocenters. The second kappa shape index (κ2) is 6.11. The number of carboxylic acid groups (broad SMARTS) is 2. The molecule has 0 saturated heterocycles. The Hall–Kier alpha value is -2.62. The molecule has 0 heterocycles. The highest BCUT2D eigenvalue weighted by atomic mass is 16.4. The van der Waals surface area contributed by atoms with E-state index in [1.165, 1.54) is 0 Å². The summed E-state index contributed by atoms with van der Waals surface area (Å²) in [5.74, 6) is -4.56. The first-order chi connectivity index (χ1) is 11.4. The summed E-state index contributed by atoms with van der Waals surface area (Å²) >= 11 is 0. The molecule has 1 fully saturated rings. The number of hydrogen-bond acceptors (Lipinski definition) is 2. The Labute approximate surface area is 140 Å². The van der Waals surface area contributed by atoms with Crippen molar-refractivity contribution in [2.45, 2.75) is 25.7 Å². The van der Waals surface area contributed by atoms with Gasteiger partial charge in [0.05, 0.1) is 11.8 Å².